The van der Waals surface area contributed by atoms with Crippen molar-refractivity contribution in [1.82, 2.24) is 0 Å². The molecule has 8 nitrogen and oxygen atoms in total. The molecule has 4 rings (SSSR count). The molecule has 0 radical (unpaired) electrons. The van der Waals surface area contributed by atoms with Crippen molar-refractivity contribution in [2.75, 3.05) is 16.8 Å². The molecule has 34 heavy (non-hydrogen) atoms. The summed E-state index contributed by atoms with van der Waals surface area (Å²) in [5, 5.41) is 2.53. The molecule has 9 heteroatoms. The molecule has 0 saturated carbocycles. The fraction of sp³-hybridized carbons (Fsp3) is 0.120. The largest absolute Gasteiger partial charge is 0.494 e. The summed E-state index contributed by atoms with van der Waals surface area (Å²) in [5.41, 5.74) is 5.99. The molecule has 1 aliphatic rings. The zero-order chi connectivity index (χ0) is 24.6. The first kappa shape index (κ1) is 22.7. The van der Waals surface area contributed by atoms with Gasteiger partial charge in [-0.2, -0.15) is 0 Å². The SMILES string of the molecule is CCOc1ccc(N2C(=O)c3ccc(C(=O)Nc4cc(C(N)=O)cc(F)c4C)cc3C2=O)cc1. The topological polar surface area (TPSA) is 119 Å². The summed E-state index contributed by atoms with van der Waals surface area (Å²) in [6.07, 6.45) is 0. The molecule has 0 fully saturated rings. The van der Waals surface area contributed by atoms with Gasteiger partial charge in [0, 0.05) is 22.4 Å². The Kier molecular flexibility index (Phi) is 5.85. The van der Waals surface area contributed by atoms with Crippen LogP contribution in [0.4, 0.5) is 15.8 Å². The Bertz CT molecular complexity index is 1350. The summed E-state index contributed by atoms with van der Waals surface area (Å²) in [6, 6.07) is 12.9. The second kappa shape index (κ2) is 8.78. The molecule has 0 bridgehead atoms. The summed E-state index contributed by atoms with van der Waals surface area (Å²) in [6.45, 7) is 3.77. The van der Waals surface area contributed by atoms with Crippen molar-refractivity contribution in [3.63, 3.8) is 0 Å². The zero-order valence-electron chi connectivity index (χ0n) is 18.3. The van der Waals surface area contributed by atoms with Crippen LogP contribution < -0.4 is 20.7 Å². The van der Waals surface area contributed by atoms with Crippen LogP contribution in [0.5, 0.6) is 5.75 Å². The van der Waals surface area contributed by atoms with Gasteiger partial charge in [0.05, 0.1) is 23.4 Å². The molecule has 0 aliphatic carbocycles. The van der Waals surface area contributed by atoms with E-state index in [1.54, 1.807) is 24.3 Å². The van der Waals surface area contributed by atoms with Crippen LogP contribution in [-0.4, -0.2) is 30.2 Å². The number of carbonyl (C=O) groups excluding carboxylic acids is 4. The van der Waals surface area contributed by atoms with E-state index in [1.165, 1.54) is 31.2 Å². The number of fused-ring (bicyclic) bond motifs is 1. The van der Waals surface area contributed by atoms with Crippen LogP contribution in [-0.2, 0) is 0 Å². The third-order valence-corrected chi connectivity index (χ3v) is 5.43. The van der Waals surface area contributed by atoms with Crippen molar-refractivity contribution >= 4 is 35.0 Å². The van der Waals surface area contributed by atoms with Gasteiger partial charge in [-0.15, -0.1) is 0 Å². The average Bonchev–Trinajstić information content (AvgIpc) is 3.06. The van der Waals surface area contributed by atoms with Crippen molar-refractivity contribution in [1.29, 1.82) is 0 Å². The number of hydrogen-bond acceptors (Lipinski definition) is 5. The van der Waals surface area contributed by atoms with Gasteiger partial charge in [-0.3, -0.25) is 19.2 Å². The Morgan fingerprint density at radius 1 is 0.971 bits per heavy atom. The Hall–Kier alpha value is -4.53. The summed E-state index contributed by atoms with van der Waals surface area (Å²) in [5.74, 6) is -2.67. The maximum atomic E-state index is 14.1. The van der Waals surface area contributed by atoms with Gasteiger partial charge in [-0.05, 0) is 68.4 Å². The van der Waals surface area contributed by atoms with Gasteiger partial charge in [-0.25, -0.2) is 9.29 Å². The smallest absolute Gasteiger partial charge is 0.266 e. The van der Waals surface area contributed by atoms with Crippen LogP contribution in [0.2, 0.25) is 0 Å². The predicted octanol–water partition coefficient (Wildman–Crippen LogP) is 3.68. The molecule has 0 unspecified atom stereocenters. The molecule has 172 valence electrons. The molecule has 1 heterocycles. The molecule has 0 atom stereocenters. The van der Waals surface area contributed by atoms with E-state index in [0.29, 0.717) is 18.0 Å². The number of primary amides is 1. The van der Waals surface area contributed by atoms with Crippen molar-refractivity contribution in [2.45, 2.75) is 13.8 Å². The number of amides is 4. The molecule has 1 aliphatic heterocycles. The average molecular weight is 461 g/mol. The molecule has 0 aromatic heterocycles. The highest BCUT2D eigenvalue weighted by atomic mass is 19.1. The van der Waals surface area contributed by atoms with Crippen LogP contribution in [0.1, 0.15) is 53.9 Å². The highest BCUT2D eigenvalue weighted by molar-refractivity contribution is 6.34. The van der Waals surface area contributed by atoms with Crippen LogP contribution in [0.3, 0.4) is 0 Å². The minimum absolute atomic E-state index is 0.0673. The van der Waals surface area contributed by atoms with E-state index in [-0.39, 0.29) is 33.5 Å². The number of nitrogens with two attached hydrogens (primary N) is 1. The third-order valence-electron chi connectivity index (χ3n) is 5.43. The van der Waals surface area contributed by atoms with Crippen LogP contribution >= 0.6 is 0 Å². The number of carbonyl (C=O) groups is 4. The lowest BCUT2D eigenvalue weighted by molar-refractivity contribution is 0.0924. The lowest BCUT2D eigenvalue weighted by atomic mass is 10.0. The molecular weight excluding hydrogens is 441 g/mol. The number of anilines is 2. The lowest BCUT2D eigenvalue weighted by Gasteiger charge is -2.14. The molecule has 0 saturated heterocycles. The van der Waals surface area contributed by atoms with Gasteiger partial charge >= 0.3 is 0 Å². The van der Waals surface area contributed by atoms with Crippen molar-refractivity contribution in [2.24, 2.45) is 5.73 Å². The van der Waals surface area contributed by atoms with E-state index in [1.807, 2.05) is 6.92 Å². The summed E-state index contributed by atoms with van der Waals surface area (Å²) in [4.78, 5) is 51.2. The van der Waals surface area contributed by atoms with Gasteiger partial charge in [0.2, 0.25) is 5.91 Å². The minimum atomic E-state index is -0.842. The van der Waals surface area contributed by atoms with Crippen molar-refractivity contribution in [3.8, 4) is 5.75 Å². The Balaban J connectivity index is 1.61. The fourth-order valence-corrected chi connectivity index (χ4v) is 3.62. The van der Waals surface area contributed by atoms with E-state index >= 15 is 0 Å². The molecule has 3 aromatic carbocycles. The molecular formula is C25H20FN3O5. The van der Waals surface area contributed by atoms with Gasteiger partial charge in [0.1, 0.15) is 11.6 Å². The normalized spacial score (nSPS) is 12.5. The number of hydrogen-bond donors (Lipinski definition) is 2. The van der Waals surface area contributed by atoms with Gasteiger partial charge in [0.25, 0.3) is 17.7 Å². The quantitative estimate of drug-likeness (QED) is 0.543. The predicted molar refractivity (Wildman–Crippen MR) is 123 cm³/mol. The van der Waals surface area contributed by atoms with Gasteiger partial charge in [0.15, 0.2) is 0 Å². The number of nitrogens with one attached hydrogen (secondary N) is 1. The van der Waals surface area contributed by atoms with E-state index in [9.17, 15) is 23.6 Å². The van der Waals surface area contributed by atoms with E-state index in [2.05, 4.69) is 5.32 Å². The highest BCUT2D eigenvalue weighted by Crippen LogP contribution is 2.30. The first-order valence-corrected chi connectivity index (χ1v) is 10.4. The number of rotatable bonds is 6. The standard InChI is InChI=1S/C25H20FN3O5/c1-3-34-17-7-5-16(6-8-17)29-24(32)18-9-4-14(10-19(18)25(29)33)23(31)28-21-12-15(22(27)30)11-20(26)13(21)2/h4-12H,3H2,1-2H3,(H2,27,30)(H,28,31). The summed E-state index contributed by atoms with van der Waals surface area (Å²) in [7, 11) is 0. The third kappa shape index (κ3) is 3.99. The van der Waals surface area contributed by atoms with E-state index < -0.39 is 29.4 Å². The highest BCUT2D eigenvalue weighted by Gasteiger charge is 2.37. The van der Waals surface area contributed by atoms with Crippen molar-refractivity contribution in [3.05, 3.63) is 88.2 Å². The maximum absolute atomic E-state index is 14.1. The number of halogens is 1. The number of nitrogens with zero attached hydrogens (tertiary/aromatic N) is 1. The summed E-state index contributed by atoms with van der Waals surface area (Å²) < 4.78 is 19.5. The second-order valence-electron chi connectivity index (χ2n) is 7.58. The molecule has 3 N–H and O–H groups in total. The van der Waals surface area contributed by atoms with Gasteiger partial charge < -0.3 is 15.8 Å². The number of ether oxygens (including phenoxy) is 1. The van der Waals surface area contributed by atoms with Crippen molar-refractivity contribution < 1.29 is 28.3 Å². The van der Waals surface area contributed by atoms with E-state index in [0.717, 1.165) is 11.0 Å². The number of imide groups is 1. The molecule has 4 amide bonds. The Morgan fingerprint density at radius 2 is 1.65 bits per heavy atom. The van der Waals surface area contributed by atoms with Gasteiger partial charge in [-0.1, -0.05) is 0 Å². The van der Waals surface area contributed by atoms with Crippen LogP contribution in [0.25, 0.3) is 0 Å². The Morgan fingerprint density at radius 3 is 2.29 bits per heavy atom. The number of benzene rings is 3. The molecule has 3 aromatic rings. The minimum Gasteiger partial charge on any atom is -0.494 e. The van der Waals surface area contributed by atoms with Crippen LogP contribution in [0, 0.1) is 12.7 Å². The first-order chi connectivity index (χ1) is 16.2. The fourth-order valence-electron chi connectivity index (χ4n) is 3.62. The maximum Gasteiger partial charge on any atom is 0.266 e. The lowest BCUT2D eigenvalue weighted by Crippen LogP contribution is -2.29. The monoisotopic (exact) mass is 461 g/mol. The first-order valence-electron chi connectivity index (χ1n) is 10.4. The second-order valence-corrected chi connectivity index (χ2v) is 7.58. The molecule has 0 spiro atoms. The van der Waals surface area contributed by atoms with E-state index in [4.69, 9.17) is 10.5 Å². The zero-order valence-corrected chi connectivity index (χ0v) is 18.3. The Labute approximate surface area is 194 Å². The van der Waals surface area contributed by atoms with Crippen LogP contribution in [0.15, 0.2) is 54.6 Å². The summed E-state index contributed by atoms with van der Waals surface area (Å²) >= 11 is 0.